The average Bonchev–Trinajstić information content (AvgIpc) is 3.26. The molecule has 1 saturated carbocycles. The predicted octanol–water partition coefficient (Wildman–Crippen LogP) is 2.27. The van der Waals surface area contributed by atoms with Crippen LogP contribution >= 0.6 is 0 Å². The van der Waals surface area contributed by atoms with Crippen molar-refractivity contribution in [2.75, 3.05) is 24.1 Å². The third-order valence-electron chi connectivity index (χ3n) is 5.31. The van der Waals surface area contributed by atoms with E-state index < -0.39 is 0 Å². The number of carbonyl (C=O) groups is 1. The van der Waals surface area contributed by atoms with Gasteiger partial charge in [-0.3, -0.25) is 4.79 Å². The van der Waals surface area contributed by atoms with Crippen LogP contribution in [0.3, 0.4) is 0 Å². The first-order valence-electron chi connectivity index (χ1n) is 9.80. The topological polar surface area (TPSA) is 102 Å². The van der Waals surface area contributed by atoms with Gasteiger partial charge in [-0.2, -0.15) is 0 Å². The van der Waals surface area contributed by atoms with Gasteiger partial charge in [0.15, 0.2) is 17.3 Å². The van der Waals surface area contributed by atoms with Gasteiger partial charge in [-0.05, 0) is 31.4 Å². The summed E-state index contributed by atoms with van der Waals surface area (Å²) in [5.74, 6) is 1.62. The van der Waals surface area contributed by atoms with Crippen LogP contribution in [0.5, 0.6) is 0 Å². The maximum Gasteiger partial charge on any atom is 0.222 e. The molecule has 3 aromatic rings. The standard InChI is InChI=1S/C20H23N7O/c21-14-4-1-3-13(11-14)18-24-19(23-15-6-7-15)17-20(25-18)27(12-22-17)10-9-26-8-2-5-16(26)28/h1,3-4,11-12,15H,2,5-10,21H2,(H,23,24,25). The quantitative estimate of drug-likeness (QED) is 0.639. The highest BCUT2D eigenvalue weighted by Crippen LogP contribution is 2.30. The number of benzene rings is 1. The lowest BCUT2D eigenvalue weighted by molar-refractivity contribution is -0.127. The molecule has 0 bridgehead atoms. The second kappa shape index (κ2) is 6.78. The van der Waals surface area contributed by atoms with Crippen molar-refractivity contribution in [1.82, 2.24) is 24.4 Å². The number of imidazole rings is 1. The van der Waals surface area contributed by atoms with E-state index in [2.05, 4.69) is 10.3 Å². The Balaban J connectivity index is 1.52. The van der Waals surface area contributed by atoms with Crippen LogP contribution in [0.25, 0.3) is 22.6 Å². The number of nitrogen functional groups attached to an aromatic ring is 1. The summed E-state index contributed by atoms with van der Waals surface area (Å²) in [6.45, 7) is 2.18. The summed E-state index contributed by atoms with van der Waals surface area (Å²) < 4.78 is 2.01. The van der Waals surface area contributed by atoms with Gasteiger partial charge in [-0.15, -0.1) is 0 Å². The highest BCUT2D eigenvalue weighted by Gasteiger charge is 2.25. The van der Waals surface area contributed by atoms with E-state index >= 15 is 0 Å². The van der Waals surface area contributed by atoms with Crippen molar-refractivity contribution in [1.29, 1.82) is 0 Å². The van der Waals surface area contributed by atoms with Crippen molar-refractivity contribution in [2.45, 2.75) is 38.3 Å². The van der Waals surface area contributed by atoms with Gasteiger partial charge in [0.25, 0.3) is 0 Å². The molecule has 1 saturated heterocycles. The molecule has 0 radical (unpaired) electrons. The molecule has 2 aliphatic rings. The predicted molar refractivity (Wildman–Crippen MR) is 108 cm³/mol. The lowest BCUT2D eigenvalue weighted by atomic mass is 10.2. The molecule has 0 atom stereocenters. The van der Waals surface area contributed by atoms with Crippen LogP contribution in [0.2, 0.25) is 0 Å². The first-order valence-corrected chi connectivity index (χ1v) is 9.80. The molecule has 3 N–H and O–H groups in total. The Morgan fingerprint density at radius 2 is 2.11 bits per heavy atom. The van der Waals surface area contributed by atoms with Gasteiger partial charge in [-0.1, -0.05) is 12.1 Å². The molecule has 1 aromatic carbocycles. The minimum absolute atomic E-state index is 0.232. The minimum atomic E-state index is 0.232. The molecule has 1 aliphatic heterocycles. The summed E-state index contributed by atoms with van der Waals surface area (Å²) in [6.07, 6.45) is 5.69. The van der Waals surface area contributed by atoms with Crippen molar-refractivity contribution >= 4 is 28.6 Å². The van der Waals surface area contributed by atoms with Gasteiger partial charge in [0.1, 0.15) is 5.52 Å². The zero-order valence-corrected chi connectivity index (χ0v) is 15.6. The lowest BCUT2D eigenvalue weighted by Crippen LogP contribution is -2.28. The Morgan fingerprint density at radius 3 is 2.86 bits per heavy atom. The minimum Gasteiger partial charge on any atom is -0.399 e. The summed E-state index contributed by atoms with van der Waals surface area (Å²) >= 11 is 0. The SMILES string of the molecule is Nc1cccc(-c2nc(NC3CC3)c3ncn(CCN4CCCC4=O)c3n2)c1. The molecule has 3 heterocycles. The first-order chi connectivity index (χ1) is 13.7. The Morgan fingerprint density at radius 1 is 1.21 bits per heavy atom. The van der Waals surface area contributed by atoms with Crippen LogP contribution in [-0.2, 0) is 11.3 Å². The summed E-state index contributed by atoms with van der Waals surface area (Å²) in [4.78, 5) is 27.9. The van der Waals surface area contributed by atoms with Crippen molar-refractivity contribution in [3.05, 3.63) is 30.6 Å². The second-order valence-electron chi connectivity index (χ2n) is 7.53. The van der Waals surface area contributed by atoms with Gasteiger partial charge >= 0.3 is 0 Å². The van der Waals surface area contributed by atoms with E-state index in [4.69, 9.17) is 15.7 Å². The first kappa shape index (κ1) is 17.0. The van der Waals surface area contributed by atoms with E-state index in [1.807, 2.05) is 33.7 Å². The van der Waals surface area contributed by atoms with Crippen molar-refractivity contribution in [3.8, 4) is 11.4 Å². The van der Waals surface area contributed by atoms with Crippen molar-refractivity contribution < 1.29 is 4.79 Å². The third kappa shape index (κ3) is 3.26. The summed E-state index contributed by atoms with van der Waals surface area (Å²) in [7, 11) is 0. The molecule has 144 valence electrons. The molecule has 2 fully saturated rings. The van der Waals surface area contributed by atoms with E-state index in [0.29, 0.717) is 37.1 Å². The molecule has 2 aromatic heterocycles. The number of amides is 1. The summed E-state index contributed by atoms with van der Waals surface area (Å²) in [5.41, 5.74) is 9.06. The van der Waals surface area contributed by atoms with Gasteiger partial charge in [0.2, 0.25) is 5.91 Å². The Kier molecular flexibility index (Phi) is 4.11. The second-order valence-corrected chi connectivity index (χ2v) is 7.53. The lowest BCUT2D eigenvalue weighted by Gasteiger charge is -2.16. The average molecular weight is 377 g/mol. The number of rotatable bonds is 6. The Bertz CT molecular complexity index is 1040. The van der Waals surface area contributed by atoms with Gasteiger partial charge < -0.3 is 20.5 Å². The van der Waals surface area contributed by atoms with Gasteiger partial charge in [-0.25, -0.2) is 15.0 Å². The molecule has 28 heavy (non-hydrogen) atoms. The van der Waals surface area contributed by atoms with Crippen LogP contribution in [0.4, 0.5) is 11.5 Å². The molecule has 5 rings (SSSR count). The zero-order chi connectivity index (χ0) is 19.1. The number of likely N-dealkylation sites (tertiary alicyclic amines) is 1. The number of nitrogens with one attached hydrogen (secondary N) is 1. The van der Waals surface area contributed by atoms with E-state index in [1.165, 1.54) is 0 Å². The normalized spacial score (nSPS) is 16.9. The highest BCUT2D eigenvalue weighted by atomic mass is 16.2. The number of nitrogens with zero attached hydrogens (tertiary/aromatic N) is 5. The fraction of sp³-hybridized carbons (Fsp3) is 0.400. The zero-order valence-electron chi connectivity index (χ0n) is 15.6. The molecule has 0 spiro atoms. The summed E-state index contributed by atoms with van der Waals surface area (Å²) in [6, 6.07) is 8.05. The number of hydrogen-bond acceptors (Lipinski definition) is 6. The number of hydrogen-bond donors (Lipinski definition) is 2. The number of nitrogens with two attached hydrogens (primary N) is 1. The van der Waals surface area contributed by atoms with E-state index in [1.54, 1.807) is 6.33 Å². The van der Waals surface area contributed by atoms with Crippen LogP contribution < -0.4 is 11.1 Å². The molecule has 8 nitrogen and oxygen atoms in total. The molecule has 1 amide bonds. The smallest absolute Gasteiger partial charge is 0.222 e. The number of carbonyl (C=O) groups excluding carboxylic acids is 1. The van der Waals surface area contributed by atoms with E-state index in [0.717, 1.165) is 48.4 Å². The van der Waals surface area contributed by atoms with E-state index in [9.17, 15) is 4.79 Å². The Hall–Kier alpha value is -3.16. The van der Waals surface area contributed by atoms with Crippen molar-refractivity contribution in [2.24, 2.45) is 0 Å². The number of aromatic nitrogens is 4. The number of fused-ring (bicyclic) bond motifs is 1. The van der Waals surface area contributed by atoms with Crippen LogP contribution in [-0.4, -0.2) is 49.5 Å². The Labute approximate surface area is 162 Å². The van der Waals surface area contributed by atoms with Crippen LogP contribution in [0, 0.1) is 0 Å². The van der Waals surface area contributed by atoms with Crippen LogP contribution in [0.1, 0.15) is 25.7 Å². The van der Waals surface area contributed by atoms with Crippen molar-refractivity contribution in [3.63, 3.8) is 0 Å². The maximum absolute atomic E-state index is 11.9. The summed E-state index contributed by atoms with van der Waals surface area (Å²) in [5, 5.41) is 3.48. The fourth-order valence-electron chi connectivity index (χ4n) is 3.61. The number of anilines is 2. The monoisotopic (exact) mass is 377 g/mol. The maximum atomic E-state index is 11.9. The highest BCUT2D eigenvalue weighted by molar-refractivity contribution is 5.85. The fourth-order valence-corrected chi connectivity index (χ4v) is 3.61. The molecular weight excluding hydrogens is 354 g/mol. The van der Waals surface area contributed by atoms with Crippen LogP contribution in [0.15, 0.2) is 30.6 Å². The molecule has 1 aliphatic carbocycles. The molecule has 0 unspecified atom stereocenters. The van der Waals surface area contributed by atoms with E-state index in [-0.39, 0.29) is 5.91 Å². The molecular formula is C20H23N7O. The molecule has 8 heteroatoms. The van der Waals surface area contributed by atoms with Gasteiger partial charge in [0, 0.05) is 43.3 Å². The largest absolute Gasteiger partial charge is 0.399 e. The van der Waals surface area contributed by atoms with Gasteiger partial charge in [0.05, 0.1) is 6.33 Å². The third-order valence-corrected chi connectivity index (χ3v) is 5.31.